The number of hydrogen-bond donors (Lipinski definition) is 1. The largest absolute Gasteiger partial charge is 0.333 e. The van der Waals surface area contributed by atoms with Crippen LogP contribution >= 0.6 is 7.52 Å². The van der Waals surface area contributed by atoms with Gasteiger partial charge >= 0.3 is 13.6 Å². The molecular formula is C16H17N2O3P. The van der Waals surface area contributed by atoms with Crippen LogP contribution in [0, 0.1) is 0 Å². The van der Waals surface area contributed by atoms with E-state index in [0.29, 0.717) is 0 Å². The first kappa shape index (κ1) is 14.8. The Morgan fingerprint density at radius 1 is 1.00 bits per heavy atom. The minimum Gasteiger partial charge on any atom is -0.315 e. The SMILES string of the molecule is COP1(=O)N(C)C(=O)NC1(c1ccccc1)c1ccccc1. The van der Waals surface area contributed by atoms with Crippen LogP contribution < -0.4 is 5.32 Å². The maximum absolute atomic E-state index is 13.6. The maximum atomic E-state index is 13.6. The molecule has 3 rings (SSSR count). The predicted molar refractivity (Wildman–Crippen MR) is 84.6 cm³/mol. The van der Waals surface area contributed by atoms with Crippen molar-refractivity contribution in [1.82, 2.24) is 9.99 Å². The smallest absolute Gasteiger partial charge is 0.315 e. The van der Waals surface area contributed by atoms with E-state index in [1.54, 1.807) is 0 Å². The van der Waals surface area contributed by atoms with Gasteiger partial charge in [-0.05, 0) is 11.1 Å². The average Bonchev–Trinajstić information content (AvgIpc) is 2.79. The third-order valence-corrected chi connectivity index (χ3v) is 6.97. The maximum Gasteiger partial charge on any atom is 0.333 e. The highest BCUT2D eigenvalue weighted by molar-refractivity contribution is 7.59. The third kappa shape index (κ3) is 1.83. The first-order chi connectivity index (χ1) is 10.6. The number of benzene rings is 2. The Labute approximate surface area is 129 Å². The number of carbonyl (C=O) groups is 1. The highest BCUT2D eigenvalue weighted by atomic mass is 31.2. The summed E-state index contributed by atoms with van der Waals surface area (Å²) in [5.74, 6) is 0. The molecule has 0 aromatic heterocycles. The molecule has 0 spiro atoms. The average molecular weight is 316 g/mol. The summed E-state index contributed by atoms with van der Waals surface area (Å²) in [6.45, 7) is 0. The molecule has 1 N–H and O–H groups in total. The van der Waals surface area contributed by atoms with E-state index < -0.39 is 18.8 Å². The van der Waals surface area contributed by atoms with E-state index in [2.05, 4.69) is 5.32 Å². The lowest BCUT2D eigenvalue weighted by Gasteiger charge is -2.34. The van der Waals surface area contributed by atoms with Crippen LogP contribution in [0.2, 0.25) is 0 Å². The van der Waals surface area contributed by atoms with E-state index in [1.165, 1.54) is 18.8 Å². The van der Waals surface area contributed by atoms with Crippen molar-refractivity contribution in [2.24, 2.45) is 0 Å². The summed E-state index contributed by atoms with van der Waals surface area (Å²) in [6, 6.07) is 18.1. The van der Waals surface area contributed by atoms with Crippen LogP contribution in [0.25, 0.3) is 0 Å². The minimum atomic E-state index is -3.51. The molecule has 2 amide bonds. The van der Waals surface area contributed by atoms with E-state index in [0.717, 1.165) is 11.1 Å². The number of amides is 2. The van der Waals surface area contributed by atoms with Gasteiger partial charge in [-0.3, -0.25) is 9.24 Å². The second-order valence-electron chi connectivity index (χ2n) is 5.10. The van der Waals surface area contributed by atoms with Crippen molar-refractivity contribution in [3.8, 4) is 0 Å². The van der Waals surface area contributed by atoms with Crippen LogP contribution in [-0.2, 0) is 14.4 Å². The minimum absolute atomic E-state index is 0.419. The number of hydrogen-bond acceptors (Lipinski definition) is 3. The van der Waals surface area contributed by atoms with E-state index in [9.17, 15) is 9.36 Å². The molecule has 1 unspecified atom stereocenters. The third-order valence-electron chi connectivity index (χ3n) is 4.03. The van der Waals surface area contributed by atoms with Gasteiger partial charge in [-0.25, -0.2) is 4.79 Å². The van der Waals surface area contributed by atoms with E-state index in [1.807, 2.05) is 60.7 Å². The molecule has 5 nitrogen and oxygen atoms in total. The monoisotopic (exact) mass is 316 g/mol. The fourth-order valence-corrected chi connectivity index (χ4v) is 5.35. The van der Waals surface area contributed by atoms with Gasteiger partial charge in [-0.1, -0.05) is 60.7 Å². The molecule has 1 aliphatic rings. The lowest BCUT2D eigenvalue weighted by Crippen LogP contribution is -2.39. The summed E-state index contributed by atoms with van der Waals surface area (Å²) in [5.41, 5.74) is 1.45. The van der Waals surface area contributed by atoms with Crippen molar-refractivity contribution in [1.29, 1.82) is 0 Å². The Balaban J connectivity index is 2.35. The summed E-state index contributed by atoms with van der Waals surface area (Å²) in [7, 11) is -0.644. The van der Waals surface area contributed by atoms with Crippen molar-refractivity contribution in [3.63, 3.8) is 0 Å². The number of rotatable bonds is 3. The number of carbonyl (C=O) groups excluding carboxylic acids is 1. The molecule has 0 saturated carbocycles. The zero-order chi connectivity index (χ0) is 15.8. The first-order valence-corrected chi connectivity index (χ1v) is 8.47. The van der Waals surface area contributed by atoms with Crippen molar-refractivity contribution >= 4 is 13.6 Å². The molecule has 114 valence electrons. The molecule has 0 radical (unpaired) electrons. The summed E-state index contributed by atoms with van der Waals surface area (Å²) >= 11 is 0. The lowest BCUT2D eigenvalue weighted by atomic mass is 9.98. The van der Waals surface area contributed by atoms with Crippen LogP contribution in [0.5, 0.6) is 0 Å². The molecule has 22 heavy (non-hydrogen) atoms. The van der Waals surface area contributed by atoms with Crippen molar-refractivity contribution < 1.29 is 13.9 Å². The van der Waals surface area contributed by atoms with Gasteiger partial charge in [0.15, 0.2) is 5.28 Å². The van der Waals surface area contributed by atoms with E-state index in [4.69, 9.17) is 4.52 Å². The van der Waals surface area contributed by atoms with Crippen molar-refractivity contribution in [3.05, 3.63) is 71.8 Å². The molecule has 2 aromatic rings. The molecule has 1 saturated heterocycles. The summed E-state index contributed by atoms with van der Waals surface area (Å²) in [6.07, 6.45) is 0. The normalized spacial score (nSPS) is 23.4. The van der Waals surface area contributed by atoms with Crippen molar-refractivity contribution in [2.45, 2.75) is 5.28 Å². The molecule has 1 atom stereocenters. The number of urea groups is 1. The summed E-state index contributed by atoms with van der Waals surface area (Å²) in [4.78, 5) is 12.3. The van der Waals surface area contributed by atoms with Gasteiger partial charge in [-0.2, -0.15) is 0 Å². The molecule has 6 heteroatoms. The second kappa shape index (κ2) is 5.27. The zero-order valence-electron chi connectivity index (χ0n) is 12.4. The predicted octanol–water partition coefficient (Wildman–Crippen LogP) is 3.38. The van der Waals surface area contributed by atoms with Gasteiger partial charge in [0.1, 0.15) is 0 Å². The first-order valence-electron chi connectivity index (χ1n) is 6.89. The Kier molecular flexibility index (Phi) is 3.55. The topological polar surface area (TPSA) is 58.6 Å². The van der Waals surface area contributed by atoms with Crippen LogP contribution in [0.3, 0.4) is 0 Å². The molecule has 2 aromatic carbocycles. The zero-order valence-corrected chi connectivity index (χ0v) is 13.3. The van der Waals surface area contributed by atoms with Crippen LogP contribution in [0.15, 0.2) is 60.7 Å². The standard InChI is InChI=1S/C16H17N2O3P/c1-18-15(19)17-16(22(18,20)21-2,13-9-5-3-6-10-13)14-11-7-4-8-12-14/h3-12H,1-2H3,(H,17,19). The molecule has 1 fully saturated rings. The fraction of sp³-hybridized carbons (Fsp3) is 0.188. The van der Waals surface area contributed by atoms with Gasteiger partial charge in [0.25, 0.3) is 0 Å². The van der Waals surface area contributed by atoms with Gasteiger partial charge in [-0.15, -0.1) is 0 Å². The quantitative estimate of drug-likeness (QED) is 0.883. The van der Waals surface area contributed by atoms with Crippen LogP contribution in [0.1, 0.15) is 11.1 Å². The van der Waals surface area contributed by atoms with E-state index >= 15 is 0 Å². The molecule has 1 aliphatic heterocycles. The highest BCUT2D eigenvalue weighted by Gasteiger charge is 2.62. The fourth-order valence-electron chi connectivity index (χ4n) is 2.91. The Morgan fingerprint density at radius 2 is 1.45 bits per heavy atom. The van der Waals surface area contributed by atoms with Crippen molar-refractivity contribution in [2.75, 3.05) is 14.2 Å². The Morgan fingerprint density at radius 3 is 1.86 bits per heavy atom. The highest BCUT2D eigenvalue weighted by Crippen LogP contribution is 2.69. The summed E-state index contributed by atoms with van der Waals surface area (Å²) < 4.78 is 20.2. The second-order valence-corrected chi connectivity index (χ2v) is 7.78. The van der Waals surface area contributed by atoms with Crippen LogP contribution in [-0.4, -0.2) is 24.9 Å². The molecule has 0 bridgehead atoms. The van der Waals surface area contributed by atoms with E-state index in [-0.39, 0.29) is 0 Å². The summed E-state index contributed by atoms with van der Waals surface area (Å²) in [5, 5.41) is 1.68. The van der Waals surface area contributed by atoms with Crippen LogP contribution in [0.4, 0.5) is 4.79 Å². The molecular weight excluding hydrogens is 299 g/mol. The lowest BCUT2D eigenvalue weighted by molar-refractivity contribution is 0.230. The van der Waals surface area contributed by atoms with Gasteiger partial charge in [0.05, 0.1) is 0 Å². The number of nitrogens with one attached hydrogen (secondary N) is 1. The Hall–Kier alpha value is -2.10. The molecule has 1 heterocycles. The number of nitrogens with zero attached hydrogens (tertiary/aromatic N) is 1. The van der Waals surface area contributed by atoms with Gasteiger partial charge in [0, 0.05) is 14.2 Å². The Bertz CT molecular complexity index is 694. The van der Waals surface area contributed by atoms with Gasteiger partial charge in [0.2, 0.25) is 0 Å². The van der Waals surface area contributed by atoms with Gasteiger partial charge < -0.3 is 9.84 Å². The molecule has 0 aliphatic carbocycles.